The Labute approximate surface area is 89.8 Å². The Kier molecular flexibility index (Phi) is 1.97. The zero-order chi connectivity index (χ0) is 10.3. The minimum Gasteiger partial charge on any atom is -0.489 e. The second-order valence-corrected chi connectivity index (χ2v) is 4.38. The van der Waals surface area contributed by atoms with Crippen LogP contribution in [0, 0.1) is 0 Å². The molecule has 0 unspecified atom stereocenters. The Bertz CT molecular complexity index is 378. The highest BCUT2D eigenvalue weighted by Crippen LogP contribution is 2.38. The molecule has 1 aromatic carbocycles. The Balaban J connectivity index is 2.01. The van der Waals surface area contributed by atoms with Crippen LogP contribution in [0.15, 0.2) is 18.2 Å². The van der Waals surface area contributed by atoms with E-state index in [-0.39, 0.29) is 0 Å². The van der Waals surface area contributed by atoms with E-state index in [4.69, 9.17) is 10.5 Å². The molecule has 0 aliphatic carbocycles. The van der Waals surface area contributed by atoms with Gasteiger partial charge in [-0.25, -0.2) is 0 Å². The first kappa shape index (κ1) is 8.89. The van der Waals surface area contributed by atoms with Crippen LogP contribution in [0.5, 0.6) is 5.75 Å². The molecule has 1 aromatic rings. The summed E-state index contributed by atoms with van der Waals surface area (Å²) >= 11 is 0. The van der Waals surface area contributed by atoms with Gasteiger partial charge in [0.2, 0.25) is 0 Å². The number of hydrogen-bond acceptors (Lipinski definition) is 3. The van der Waals surface area contributed by atoms with Gasteiger partial charge in [-0.1, -0.05) is 0 Å². The molecule has 3 heteroatoms. The number of benzene rings is 1. The molecule has 0 bridgehead atoms. The summed E-state index contributed by atoms with van der Waals surface area (Å²) in [6.07, 6.45) is 3.85. The molecule has 3 rings (SSSR count). The lowest BCUT2D eigenvalue weighted by Crippen LogP contribution is -2.46. The van der Waals surface area contributed by atoms with Crippen LogP contribution in [0.1, 0.15) is 19.3 Å². The molecule has 0 saturated carbocycles. The first-order valence-corrected chi connectivity index (χ1v) is 5.63. The summed E-state index contributed by atoms with van der Waals surface area (Å²) in [5, 5.41) is 0. The van der Waals surface area contributed by atoms with E-state index >= 15 is 0 Å². The molecule has 2 N–H and O–H groups in total. The molecule has 3 nitrogen and oxygen atoms in total. The van der Waals surface area contributed by atoms with Gasteiger partial charge in [-0.05, 0) is 37.5 Å². The van der Waals surface area contributed by atoms with Crippen molar-refractivity contribution in [1.82, 2.24) is 0 Å². The van der Waals surface area contributed by atoms with Crippen molar-refractivity contribution in [3.05, 3.63) is 18.2 Å². The number of ether oxygens (including phenoxy) is 1. The van der Waals surface area contributed by atoms with Crippen molar-refractivity contribution in [1.29, 1.82) is 0 Å². The topological polar surface area (TPSA) is 38.5 Å². The van der Waals surface area contributed by atoms with Crippen LogP contribution in [0.2, 0.25) is 0 Å². The van der Waals surface area contributed by atoms with E-state index in [2.05, 4.69) is 4.90 Å². The van der Waals surface area contributed by atoms with Crippen molar-refractivity contribution in [2.24, 2.45) is 0 Å². The quantitative estimate of drug-likeness (QED) is 0.657. The fraction of sp³-hybridized carbons (Fsp3) is 0.500. The van der Waals surface area contributed by atoms with Gasteiger partial charge in [-0.3, -0.25) is 0 Å². The van der Waals surface area contributed by atoms with Crippen LogP contribution in [-0.4, -0.2) is 19.2 Å². The van der Waals surface area contributed by atoms with Crippen molar-refractivity contribution >= 4 is 11.4 Å². The number of nitrogens with zero attached hydrogens (tertiary/aromatic N) is 1. The van der Waals surface area contributed by atoms with Gasteiger partial charge in [-0.2, -0.15) is 0 Å². The first-order chi connectivity index (χ1) is 7.34. The standard InChI is InChI=1S/C12H16N2O/c13-9-4-5-12-11(7-9)14-6-2-1-3-10(14)8-15-12/h4-5,7,10H,1-3,6,8,13H2/t10-/m1/s1. The van der Waals surface area contributed by atoms with Gasteiger partial charge < -0.3 is 15.4 Å². The van der Waals surface area contributed by atoms with Crippen LogP contribution in [0.4, 0.5) is 11.4 Å². The van der Waals surface area contributed by atoms with Gasteiger partial charge in [0.15, 0.2) is 0 Å². The molecule has 0 spiro atoms. The fourth-order valence-corrected chi connectivity index (χ4v) is 2.56. The van der Waals surface area contributed by atoms with Gasteiger partial charge >= 0.3 is 0 Å². The van der Waals surface area contributed by atoms with Gasteiger partial charge in [0.25, 0.3) is 0 Å². The summed E-state index contributed by atoms with van der Waals surface area (Å²) in [5.74, 6) is 0.988. The Morgan fingerprint density at radius 1 is 1.33 bits per heavy atom. The number of piperidine rings is 1. The normalized spacial score (nSPS) is 24.0. The molecular formula is C12H16N2O. The van der Waals surface area contributed by atoms with Crippen molar-refractivity contribution in [2.75, 3.05) is 23.8 Å². The summed E-state index contributed by atoms with van der Waals surface area (Å²) in [6, 6.07) is 6.49. The molecule has 15 heavy (non-hydrogen) atoms. The van der Waals surface area contributed by atoms with Gasteiger partial charge in [-0.15, -0.1) is 0 Å². The van der Waals surface area contributed by atoms with E-state index in [1.54, 1.807) is 0 Å². The predicted molar refractivity (Wildman–Crippen MR) is 61.3 cm³/mol. The van der Waals surface area contributed by atoms with E-state index in [1.165, 1.54) is 24.9 Å². The minimum atomic E-state index is 0.563. The Morgan fingerprint density at radius 3 is 3.20 bits per heavy atom. The number of hydrogen-bond donors (Lipinski definition) is 1. The monoisotopic (exact) mass is 204 g/mol. The summed E-state index contributed by atoms with van der Waals surface area (Å²) in [6.45, 7) is 1.97. The lowest BCUT2D eigenvalue weighted by molar-refractivity contribution is 0.240. The lowest BCUT2D eigenvalue weighted by Gasteiger charge is -2.41. The van der Waals surface area contributed by atoms with Gasteiger partial charge in [0.05, 0.1) is 11.7 Å². The molecule has 2 aliphatic heterocycles. The summed E-state index contributed by atoms with van der Waals surface area (Å²) in [7, 11) is 0. The molecule has 0 radical (unpaired) electrons. The number of rotatable bonds is 0. The lowest BCUT2D eigenvalue weighted by atomic mass is 10.00. The van der Waals surface area contributed by atoms with E-state index in [1.807, 2.05) is 18.2 Å². The summed E-state index contributed by atoms with van der Waals surface area (Å²) in [5.41, 5.74) is 7.83. The first-order valence-electron chi connectivity index (χ1n) is 5.63. The maximum atomic E-state index is 5.82. The summed E-state index contributed by atoms with van der Waals surface area (Å²) < 4.78 is 5.75. The third kappa shape index (κ3) is 1.42. The zero-order valence-corrected chi connectivity index (χ0v) is 8.78. The average Bonchev–Trinajstić information content (AvgIpc) is 2.29. The smallest absolute Gasteiger partial charge is 0.142 e. The van der Waals surface area contributed by atoms with E-state index in [0.29, 0.717) is 6.04 Å². The molecular weight excluding hydrogens is 188 g/mol. The van der Waals surface area contributed by atoms with E-state index < -0.39 is 0 Å². The van der Waals surface area contributed by atoms with Gasteiger partial charge in [0.1, 0.15) is 12.4 Å². The maximum absolute atomic E-state index is 5.82. The highest BCUT2D eigenvalue weighted by atomic mass is 16.5. The molecule has 2 aliphatic rings. The second-order valence-electron chi connectivity index (χ2n) is 4.38. The second kappa shape index (κ2) is 3.33. The van der Waals surface area contributed by atoms with Crippen molar-refractivity contribution < 1.29 is 4.74 Å². The van der Waals surface area contributed by atoms with Crippen LogP contribution in [0.25, 0.3) is 0 Å². The number of nitrogen functional groups attached to an aromatic ring is 1. The Hall–Kier alpha value is -1.38. The number of nitrogens with two attached hydrogens (primary N) is 1. The van der Waals surface area contributed by atoms with Crippen molar-refractivity contribution in [3.63, 3.8) is 0 Å². The number of fused-ring (bicyclic) bond motifs is 3. The Morgan fingerprint density at radius 2 is 2.27 bits per heavy atom. The fourth-order valence-electron chi connectivity index (χ4n) is 2.56. The molecule has 0 amide bonds. The minimum absolute atomic E-state index is 0.563. The third-order valence-electron chi connectivity index (χ3n) is 3.35. The third-order valence-corrected chi connectivity index (χ3v) is 3.35. The van der Waals surface area contributed by atoms with Crippen molar-refractivity contribution in [2.45, 2.75) is 25.3 Å². The van der Waals surface area contributed by atoms with Crippen molar-refractivity contribution in [3.8, 4) is 5.75 Å². The van der Waals surface area contributed by atoms with Crippen LogP contribution >= 0.6 is 0 Å². The predicted octanol–water partition coefficient (Wildman–Crippen LogP) is 2.02. The van der Waals surface area contributed by atoms with Crippen LogP contribution in [0.3, 0.4) is 0 Å². The zero-order valence-electron chi connectivity index (χ0n) is 8.78. The summed E-state index contributed by atoms with van der Waals surface area (Å²) in [4.78, 5) is 2.46. The highest BCUT2D eigenvalue weighted by Gasteiger charge is 2.29. The molecule has 2 heterocycles. The van der Waals surface area contributed by atoms with E-state index in [9.17, 15) is 0 Å². The van der Waals surface area contributed by atoms with Crippen LogP contribution < -0.4 is 15.4 Å². The molecule has 1 saturated heterocycles. The van der Waals surface area contributed by atoms with Crippen LogP contribution in [-0.2, 0) is 0 Å². The SMILES string of the molecule is Nc1ccc2c(c1)N1CCCC[C@@H]1CO2. The largest absolute Gasteiger partial charge is 0.489 e. The molecule has 0 aromatic heterocycles. The average molecular weight is 204 g/mol. The number of anilines is 2. The maximum Gasteiger partial charge on any atom is 0.142 e. The highest BCUT2D eigenvalue weighted by molar-refractivity contribution is 5.66. The molecule has 1 fully saturated rings. The molecule has 1 atom stereocenters. The van der Waals surface area contributed by atoms with E-state index in [0.717, 1.165) is 24.6 Å². The molecule has 80 valence electrons. The van der Waals surface area contributed by atoms with Gasteiger partial charge in [0, 0.05) is 12.2 Å².